The lowest BCUT2D eigenvalue weighted by molar-refractivity contribution is -0.117. The molecule has 1 unspecified atom stereocenters. The summed E-state index contributed by atoms with van der Waals surface area (Å²) in [7, 11) is 1.91. The number of rotatable bonds is 4. The molecule has 0 aliphatic carbocycles. The van der Waals surface area contributed by atoms with E-state index in [0.29, 0.717) is 18.9 Å². The summed E-state index contributed by atoms with van der Waals surface area (Å²) < 4.78 is 0. The molecule has 1 saturated heterocycles. The van der Waals surface area contributed by atoms with Crippen molar-refractivity contribution in [2.75, 3.05) is 25.0 Å². The summed E-state index contributed by atoms with van der Waals surface area (Å²) in [5.74, 6) is 0.484. The van der Waals surface area contributed by atoms with Gasteiger partial charge in [-0.3, -0.25) is 4.79 Å². The van der Waals surface area contributed by atoms with Crippen molar-refractivity contribution in [2.45, 2.75) is 13.0 Å². The number of nitrogens with zero attached hydrogens (tertiary/aromatic N) is 1. The summed E-state index contributed by atoms with van der Waals surface area (Å²) in [6.45, 7) is 2.15. The molecule has 1 aliphatic rings. The number of benzene rings is 1. The Morgan fingerprint density at radius 1 is 1.53 bits per heavy atom. The molecule has 0 bridgehead atoms. The maximum atomic E-state index is 11.9. The van der Waals surface area contributed by atoms with E-state index in [1.54, 1.807) is 0 Å². The summed E-state index contributed by atoms with van der Waals surface area (Å²) >= 11 is 0. The minimum absolute atomic E-state index is 0.182. The van der Waals surface area contributed by atoms with Crippen molar-refractivity contribution in [2.24, 2.45) is 11.7 Å². The number of hydrogen-bond acceptors (Lipinski definition) is 3. The van der Waals surface area contributed by atoms with Crippen LogP contribution in [0.1, 0.15) is 12.0 Å². The molecule has 1 fully saturated rings. The predicted octanol–water partition coefficient (Wildman–Crippen LogP) is 0.718. The van der Waals surface area contributed by atoms with Gasteiger partial charge in [0, 0.05) is 25.2 Å². The van der Waals surface area contributed by atoms with Crippen LogP contribution in [0.25, 0.3) is 0 Å². The van der Waals surface area contributed by atoms with Crippen LogP contribution in [-0.2, 0) is 11.3 Å². The molecule has 1 heterocycles. The van der Waals surface area contributed by atoms with Gasteiger partial charge in [0.25, 0.3) is 0 Å². The van der Waals surface area contributed by atoms with Crippen molar-refractivity contribution in [3.8, 4) is 0 Å². The summed E-state index contributed by atoms with van der Waals surface area (Å²) in [5, 5.41) is 3.11. The normalized spacial score (nSPS) is 20.0. The van der Waals surface area contributed by atoms with E-state index in [2.05, 4.69) is 17.4 Å². The molecule has 17 heavy (non-hydrogen) atoms. The Bertz CT molecular complexity index is 405. The lowest BCUT2D eigenvalue weighted by atomic mass is 10.1. The third-order valence-corrected chi connectivity index (χ3v) is 3.14. The number of amides is 1. The molecule has 4 heteroatoms. The lowest BCUT2D eigenvalue weighted by Crippen LogP contribution is -2.25. The fraction of sp³-hybridized carbons (Fsp3) is 0.462. The third-order valence-electron chi connectivity index (χ3n) is 3.14. The second kappa shape index (κ2) is 5.29. The molecule has 1 amide bonds. The van der Waals surface area contributed by atoms with E-state index in [1.165, 1.54) is 5.56 Å². The van der Waals surface area contributed by atoms with Crippen molar-refractivity contribution in [1.82, 2.24) is 5.32 Å². The average Bonchev–Trinajstić information content (AvgIpc) is 2.71. The van der Waals surface area contributed by atoms with Gasteiger partial charge in [-0.15, -0.1) is 0 Å². The van der Waals surface area contributed by atoms with Crippen molar-refractivity contribution in [3.63, 3.8) is 0 Å². The SMILES string of the molecule is CNCc1cccc(N2CC(CN)CC2=O)c1. The van der Waals surface area contributed by atoms with E-state index in [-0.39, 0.29) is 5.91 Å². The van der Waals surface area contributed by atoms with Gasteiger partial charge in [0.2, 0.25) is 5.91 Å². The van der Waals surface area contributed by atoms with Gasteiger partial charge >= 0.3 is 0 Å². The molecule has 0 spiro atoms. The van der Waals surface area contributed by atoms with Crippen LogP contribution in [0.15, 0.2) is 24.3 Å². The minimum Gasteiger partial charge on any atom is -0.330 e. The Labute approximate surface area is 102 Å². The van der Waals surface area contributed by atoms with Crippen molar-refractivity contribution < 1.29 is 4.79 Å². The molecular weight excluding hydrogens is 214 g/mol. The first kappa shape index (κ1) is 12.1. The highest BCUT2D eigenvalue weighted by molar-refractivity contribution is 5.95. The van der Waals surface area contributed by atoms with Gasteiger partial charge in [0.05, 0.1) is 0 Å². The van der Waals surface area contributed by atoms with Gasteiger partial charge in [-0.05, 0) is 37.2 Å². The molecule has 0 aromatic heterocycles. The van der Waals surface area contributed by atoms with Crippen molar-refractivity contribution in [1.29, 1.82) is 0 Å². The van der Waals surface area contributed by atoms with Gasteiger partial charge < -0.3 is 16.0 Å². The van der Waals surface area contributed by atoms with Gasteiger partial charge in [-0.1, -0.05) is 12.1 Å². The van der Waals surface area contributed by atoms with E-state index in [1.807, 2.05) is 24.1 Å². The molecule has 1 aromatic carbocycles. The zero-order valence-electron chi connectivity index (χ0n) is 10.1. The van der Waals surface area contributed by atoms with E-state index in [9.17, 15) is 4.79 Å². The monoisotopic (exact) mass is 233 g/mol. The summed E-state index contributed by atoms with van der Waals surface area (Å²) in [6.07, 6.45) is 0.576. The number of nitrogens with two attached hydrogens (primary N) is 1. The Balaban J connectivity index is 2.16. The zero-order chi connectivity index (χ0) is 12.3. The first-order valence-corrected chi connectivity index (χ1v) is 5.98. The Kier molecular flexibility index (Phi) is 3.76. The van der Waals surface area contributed by atoms with Crippen LogP contribution >= 0.6 is 0 Å². The van der Waals surface area contributed by atoms with Crippen LogP contribution in [0.3, 0.4) is 0 Å². The van der Waals surface area contributed by atoms with Crippen molar-refractivity contribution >= 4 is 11.6 Å². The van der Waals surface area contributed by atoms with Crippen LogP contribution in [0.5, 0.6) is 0 Å². The number of hydrogen-bond donors (Lipinski definition) is 2. The molecule has 92 valence electrons. The third kappa shape index (κ3) is 2.65. The molecule has 1 aromatic rings. The van der Waals surface area contributed by atoms with Crippen LogP contribution in [0, 0.1) is 5.92 Å². The second-order valence-corrected chi connectivity index (χ2v) is 4.51. The first-order valence-electron chi connectivity index (χ1n) is 5.98. The van der Waals surface area contributed by atoms with Gasteiger partial charge in [0.15, 0.2) is 0 Å². The number of nitrogens with one attached hydrogen (secondary N) is 1. The maximum absolute atomic E-state index is 11.9. The topological polar surface area (TPSA) is 58.4 Å². The standard InChI is InChI=1S/C13H19N3O/c1-15-8-10-3-2-4-12(5-10)16-9-11(7-14)6-13(16)17/h2-5,11,15H,6-9,14H2,1H3. The van der Waals surface area contributed by atoms with Gasteiger partial charge in [0.1, 0.15) is 0 Å². The number of carbonyl (C=O) groups is 1. The van der Waals surface area contributed by atoms with E-state index >= 15 is 0 Å². The van der Waals surface area contributed by atoms with Gasteiger partial charge in [-0.25, -0.2) is 0 Å². The Morgan fingerprint density at radius 3 is 3.00 bits per heavy atom. The summed E-state index contributed by atoms with van der Waals surface area (Å²) in [4.78, 5) is 13.7. The Morgan fingerprint density at radius 2 is 2.35 bits per heavy atom. The molecule has 4 nitrogen and oxygen atoms in total. The largest absolute Gasteiger partial charge is 0.330 e. The van der Waals surface area contributed by atoms with Crippen LogP contribution in [0.2, 0.25) is 0 Å². The Hall–Kier alpha value is -1.39. The molecular formula is C13H19N3O. The highest BCUT2D eigenvalue weighted by Crippen LogP contribution is 2.25. The summed E-state index contributed by atoms with van der Waals surface area (Å²) in [6, 6.07) is 8.09. The number of carbonyl (C=O) groups excluding carboxylic acids is 1. The van der Waals surface area contributed by atoms with Gasteiger partial charge in [-0.2, -0.15) is 0 Å². The molecule has 3 N–H and O–H groups in total. The first-order chi connectivity index (χ1) is 8.24. The minimum atomic E-state index is 0.182. The molecule has 1 aliphatic heterocycles. The van der Waals surface area contributed by atoms with Crippen LogP contribution < -0.4 is 16.0 Å². The molecule has 1 atom stereocenters. The maximum Gasteiger partial charge on any atom is 0.227 e. The number of anilines is 1. The lowest BCUT2D eigenvalue weighted by Gasteiger charge is -2.17. The van der Waals surface area contributed by atoms with Crippen LogP contribution in [-0.4, -0.2) is 26.0 Å². The molecule has 0 radical (unpaired) electrons. The van der Waals surface area contributed by atoms with Crippen LogP contribution in [0.4, 0.5) is 5.69 Å². The average molecular weight is 233 g/mol. The highest BCUT2D eigenvalue weighted by Gasteiger charge is 2.29. The van der Waals surface area contributed by atoms with E-state index in [4.69, 9.17) is 5.73 Å². The summed E-state index contributed by atoms with van der Waals surface area (Å²) in [5.41, 5.74) is 7.80. The quantitative estimate of drug-likeness (QED) is 0.805. The van der Waals surface area contributed by atoms with Crippen molar-refractivity contribution in [3.05, 3.63) is 29.8 Å². The molecule has 0 saturated carbocycles. The van der Waals surface area contributed by atoms with E-state index < -0.39 is 0 Å². The molecule has 2 rings (SSSR count). The predicted molar refractivity (Wildman–Crippen MR) is 68.7 cm³/mol. The fourth-order valence-corrected chi connectivity index (χ4v) is 2.23. The fourth-order valence-electron chi connectivity index (χ4n) is 2.23. The zero-order valence-corrected chi connectivity index (χ0v) is 10.1. The smallest absolute Gasteiger partial charge is 0.227 e. The second-order valence-electron chi connectivity index (χ2n) is 4.51. The van der Waals surface area contributed by atoms with E-state index in [0.717, 1.165) is 18.8 Å². The highest BCUT2D eigenvalue weighted by atomic mass is 16.2.